The molecule has 17 heteroatoms. The van der Waals surface area contributed by atoms with E-state index in [1.165, 1.54) is 75.3 Å². The summed E-state index contributed by atoms with van der Waals surface area (Å²) in [4.78, 5) is 0. The Bertz CT molecular complexity index is 1380. The van der Waals surface area contributed by atoms with Crippen molar-refractivity contribution >= 4 is 33.3 Å². The van der Waals surface area contributed by atoms with Gasteiger partial charge in [-0.05, 0) is 54.4 Å². The third kappa shape index (κ3) is 10.1. The van der Waals surface area contributed by atoms with Gasteiger partial charge >= 0.3 is 11.0 Å². The molecule has 0 aliphatic heterocycles. The summed E-state index contributed by atoms with van der Waals surface area (Å²) in [6, 6.07) is 15.5. The van der Waals surface area contributed by atoms with Crippen LogP contribution >= 0.6 is 7.92 Å². The molecule has 2 aliphatic rings. The molecule has 0 aromatic heterocycles. The average Bonchev–Trinajstić information content (AvgIpc) is 2.97. The van der Waals surface area contributed by atoms with Crippen LogP contribution in [0.1, 0.15) is 64.2 Å². The smallest absolute Gasteiger partial charge is 0.480 e. The van der Waals surface area contributed by atoms with Gasteiger partial charge in [-0.3, -0.25) is 0 Å². The van der Waals surface area contributed by atoms with Crippen molar-refractivity contribution in [2.75, 3.05) is 14.2 Å². The molecule has 0 bridgehead atoms. The van der Waals surface area contributed by atoms with Gasteiger partial charge in [0.15, 0.2) is 27.2 Å². The van der Waals surface area contributed by atoms with Crippen LogP contribution in [0, 0.1) is 0 Å². The van der Waals surface area contributed by atoms with Crippen molar-refractivity contribution in [1.82, 2.24) is 0 Å². The summed E-state index contributed by atoms with van der Waals surface area (Å²) in [5.74, 6) is 1.99. The van der Waals surface area contributed by atoms with Gasteiger partial charge in [-0.15, -0.1) is 0 Å². The molecule has 45 heavy (non-hydrogen) atoms. The number of benzene rings is 2. The fourth-order valence-corrected chi connectivity index (χ4v) is 11.3. The molecule has 0 atom stereocenters. The Morgan fingerprint density at radius 3 is 1.64 bits per heavy atom. The second kappa shape index (κ2) is 16.7. The van der Waals surface area contributed by atoms with Crippen LogP contribution in [0.2, 0.25) is 0 Å². The third-order valence-electron chi connectivity index (χ3n) is 7.63. The van der Waals surface area contributed by atoms with Crippen LogP contribution < -0.4 is 10.0 Å². The molecule has 0 spiro atoms. The zero-order chi connectivity index (χ0) is 32.8. The van der Waals surface area contributed by atoms with Gasteiger partial charge in [-0.25, -0.2) is 16.8 Å². The first-order chi connectivity index (χ1) is 20.5. The summed E-state index contributed by atoms with van der Waals surface area (Å²) in [6.07, 6.45) is 14.2. The van der Waals surface area contributed by atoms with Crippen LogP contribution in [-0.4, -0.2) is 58.1 Å². The van der Waals surface area contributed by atoms with Gasteiger partial charge in [0.05, 0.1) is 7.11 Å². The van der Waals surface area contributed by atoms with E-state index in [2.05, 4.69) is 47.2 Å². The van der Waals surface area contributed by atoms with Gasteiger partial charge in [-0.2, -0.15) is 26.3 Å². The van der Waals surface area contributed by atoms with Crippen molar-refractivity contribution in [3.63, 3.8) is 0 Å². The molecule has 0 heterocycles. The zero-order valence-electron chi connectivity index (χ0n) is 24.5. The Hall–Kier alpha value is -1.35. The second-order valence-electron chi connectivity index (χ2n) is 10.5. The minimum Gasteiger partial charge on any atom is -0.584 e. The molecule has 2 aromatic rings. The van der Waals surface area contributed by atoms with E-state index in [1.54, 1.807) is 12.4 Å². The fraction of sp³-hybridized carbons (Fsp3) is 0.571. The normalized spacial score (nSPS) is 17.2. The van der Waals surface area contributed by atoms with Gasteiger partial charge in [0.25, 0.3) is 5.75 Å². The molecule has 1 N–H and O–H groups in total. The van der Waals surface area contributed by atoms with E-state index in [0.717, 1.165) is 26.9 Å². The predicted molar refractivity (Wildman–Crippen MR) is 160 cm³/mol. The van der Waals surface area contributed by atoms with Gasteiger partial charge in [0.2, 0.25) is 0 Å². The maximum Gasteiger partial charge on any atom is 0.480 e. The van der Waals surface area contributed by atoms with E-state index in [4.69, 9.17) is 4.74 Å². The van der Waals surface area contributed by atoms with Gasteiger partial charge < -0.3 is 13.6 Å². The predicted octanol–water partition coefficient (Wildman–Crippen LogP) is 8.06. The number of hydrogen-bond donors (Lipinski definition) is 0. The first kappa shape index (κ1) is 39.8. The molecule has 2 saturated carbocycles. The summed E-state index contributed by atoms with van der Waals surface area (Å²) in [6.45, 7) is 0. The largest absolute Gasteiger partial charge is 0.584 e. The minimum absolute atomic E-state index is 0. The first-order valence-electron chi connectivity index (χ1n) is 14.1. The van der Waals surface area contributed by atoms with Crippen molar-refractivity contribution in [2.24, 2.45) is 0 Å². The Kier molecular flexibility index (Phi) is 14.7. The van der Waals surface area contributed by atoms with Gasteiger partial charge in [0, 0.05) is 34.0 Å². The monoisotopic (exact) mass is 888 g/mol. The first-order valence-corrected chi connectivity index (χ1v) is 18.4. The molecule has 0 unspecified atom stereocenters. The summed E-state index contributed by atoms with van der Waals surface area (Å²) in [7, 11) is -9.93. The van der Waals surface area contributed by atoms with Crippen LogP contribution in [0.3, 0.4) is 0 Å². The molecule has 2 aliphatic carbocycles. The maximum absolute atomic E-state index is 11.4. The summed E-state index contributed by atoms with van der Waals surface area (Å²) >= 11 is 0. The number of sulfonamides is 2. The third-order valence-corrected chi connectivity index (χ3v) is 13.9. The maximum atomic E-state index is 11.4. The number of aliphatic hydroxyl groups is 1. The molecule has 2 aromatic carbocycles. The molecule has 4 rings (SSSR count). The van der Waals surface area contributed by atoms with Crippen molar-refractivity contribution in [3.05, 3.63) is 46.6 Å². The van der Waals surface area contributed by atoms with Crippen LogP contribution in [0.15, 0.2) is 42.5 Å². The van der Waals surface area contributed by atoms with Crippen molar-refractivity contribution in [2.45, 2.75) is 86.5 Å². The van der Waals surface area contributed by atoms with E-state index in [0.29, 0.717) is 0 Å². The van der Waals surface area contributed by atoms with Crippen molar-refractivity contribution in [3.8, 4) is 22.6 Å². The number of ether oxygens (including phenoxy) is 2. The van der Waals surface area contributed by atoms with E-state index in [-0.39, 0.29) is 30.3 Å². The van der Waals surface area contributed by atoms with E-state index in [1.807, 2.05) is 7.11 Å². The summed E-state index contributed by atoms with van der Waals surface area (Å²) < 4.78 is 120. The number of nitrogens with zero attached hydrogens (tertiary/aromatic N) is 1. The number of halogens is 6. The van der Waals surface area contributed by atoms with Crippen LogP contribution in [0.4, 0.5) is 26.3 Å². The molecular formula is C28H36AuF6NO6PS2. The summed E-state index contributed by atoms with van der Waals surface area (Å²) in [5.41, 5.74) is -8.07. The molecule has 0 saturated heterocycles. The number of alkyl halides is 6. The minimum atomic E-state index is -6.72. The van der Waals surface area contributed by atoms with Crippen molar-refractivity contribution < 1.29 is 75.0 Å². The standard InChI is InChI=1S/C26H35O2P.C2F6NO4S2.Au/c1-27-23-17-11-18-24(28-2)26(23)22-16-9-10-19-25(22)29(20-12-5-3-6-13-20)21-14-7-4-8-15-21;3-1(4,5)14(10,11)9-15(12,13)2(6,7)8;/h9-11,16-21H,3-8,12-15H2,1-2H3;;/q;-1;/p+1. The molecule has 0 amide bonds. The Morgan fingerprint density at radius 1 is 0.756 bits per heavy atom. The zero-order valence-corrected chi connectivity index (χ0v) is 29.2. The summed E-state index contributed by atoms with van der Waals surface area (Å²) in [5, 5.41) is 1.61. The topological polar surface area (TPSA) is 104 Å². The van der Waals surface area contributed by atoms with Crippen molar-refractivity contribution in [1.29, 1.82) is 0 Å². The Morgan fingerprint density at radius 2 is 1.22 bits per heavy atom. The molecule has 1 radical (unpaired) electrons. The second-order valence-corrected chi connectivity index (χ2v) is 16.7. The van der Waals surface area contributed by atoms with E-state index in [9.17, 15) is 43.2 Å². The van der Waals surface area contributed by atoms with Gasteiger partial charge in [0.1, 0.15) is 11.3 Å². The molecular weight excluding hydrogens is 852 g/mol. The number of aromatic hydroxyl groups is 1. The van der Waals surface area contributed by atoms with E-state index < -0.39 is 31.1 Å². The number of hydrogen-bond acceptors (Lipinski definition) is 5. The average molecular weight is 889 g/mol. The number of methoxy groups -OCH3 is 1. The number of rotatable bonds is 8. The van der Waals surface area contributed by atoms with Crippen LogP contribution in [0.5, 0.6) is 11.5 Å². The van der Waals surface area contributed by atoms with Gasteiger partial charge in [-0.1, -0.05) is 70.7 Å². The van der Waals surface area contributed by atoms with E-state index >= 15 is 0 Å². The Balaban J connectivity index is 0.000000378. The fourth-order valence-electron chi connectivity index (χ4n) is 5.68. The molecule has 2 fully saturated rings. The van der Waals surface area contributed by atoms with Crippen LogP contribution in [0.25, 0.3) is 15.3 Å². The Labute approximate surface area is 277 Å². The van der Waals surface area contributed by atoms with Crippen LogP contribution in [-0.2, 0) is 42.4 Å². The SMILES string of the molecule is COc1cccc([OH+]C)c1-c1ccccc1P(C1CCCCC1)C1CCCCC1.O=S(=O)([N-]S(=O)(=O)C(F)(F)F)C(F)(F)F.[Au]. The molecule has 259 valence electrons. The quantitative estimate of drug-likeness (QED) is 0.116. The molecule has 7 nitrogen and oxygen atoms in total.